The van der Waals surface area contributed by atoms with Gasteiger partial charge in [0, 0.05) is 13.0 Å². The fourth-order valence-corrected chi connectivity index (χ4v) is 1.59. The van der Waals surface area contributed by atoms with Crippen molar-refractivity contribution < 1.29 is 9.47 Å². The van der Waals surface area contributed by atoms with Crippen LogP contribution >= 0.6 is 0 Å². The van der Waals surface area contributed by atoms with E-state index in [1.54, 1.807) is 0 Å². The highest BCUT2D eigenvalue weighted by atomic mass is 16.5. The zero-order valence-corrected chi connectivity index (χ0v) is 9.92. The Morgan fingerprint density at radius 2 is 2.33 bits per heavy atom. The standard InChI is InChI=1S/C13H22O2/c1-3-5-6-8-12(4-2)15-13-9-7-10-14-11-13/h12-13H,3-5,7,9-11H2,1-2H3. The molecule has 0 aliphatic carbocycles. The van der Waals surface area contributed by atoms with Gasteiger partial charge >= 0.3 is 0 Å². The Labute approximate surface area is 93.3 Å². The molecule has 2 nitrogen and oxygen atoms in total. The van der Waals surface area contributed by atoms with E-state index in [2.05, 4.69) is 25.7 Å². The monoisotopic (exact) mass is 210 g/mol. The molecule has 1 fully saturated rings. The van der Waals surface area contributed by atoms with E-state index in [-0.39, 0.29) is 12.2 Å². The third-order valence-electron chi connectivity index (χ3n) is 2.48. The van der Waals surface area contributed by atoms with Gasteiger partial charge in [-0.2, -0.15) is 0 Å². The van der Waals surface area contributed by atoms with E-state index in [0.717, 1.165) is 45.3 Å². The number of unbranched alkanes of at least 4 members (excludes halogenated alkanes) is 1. The molecule has 0 N–H and O–H groups in total. The molecule has 2 heteroatoms. The van der Waals surface area contributed by atoms with E-state index in [9.17, 15) is 0 Å². The number of hydrogen-bond donors (Lipinski definition) is 0. The van der Waals surface area contributed by atoms with Crippen LogP contribution in [-0.4, -0.2) is 25.4 Å². The van der Waals surface area contributed by atoms with Gasteiger partial charge < -0.3 is 9.47 Å². The van der Waals surface area contributed by atoms with E-state index in [4.69, 9.17) is 9.47 Å². The zero-order valence-electron chi connectivity index (χ0n) is 9.92. The first-order valence-corrected chi connectivity index (χ1v) is 6.08. The van der Waals surface area contributed by atoms with Crippen LogP contribution in [0.2, 0.25) is 0 Å². The van der Waals surface area contributed by atoms with Crippen molar-refractivity contribution in [1.29, 1.82) is 0 Å². The Morgan fingerprint density at radius 1 is 1.47 bits per heavy atom. The van der Waals surface area contributed by atoms with Gasteiger partial charge in [-0.15, -0.1) is 5.92 Å². The van der Waals surface area contributed by atoms with Gasteiger partial charge in [-0.25, -0.2) is 0 Å². The van der Waals surface area contributed by atoms with Crippen molar-refractivity contribution in [1.82, 2.24) is 0 Å². The van der Waals surface area contributed by atoms with Gasteiger partial charge in [0.1, 0.15) is 6.10 Å². The molecule has 0 aromatic heterocycles. The van der Waals surface area contributed by atoms with Crippen LogP contribution in [0.15, 0.2) is 0 Å². The first-order valence-electron chi connectivity index (χ1n) is 6.08. The molecule has 0 radical (unpaired) electrons. The topological polar surface area (TPSA) is 18.5 Å². The van der Waals surface area contributed by atoms with E-state index in [1.807, 2.05) is 0 Å². The molecular weight excluding hydrogens is 188 g/mol. The lowest BCUT2D eigenvalue weighted by molar-refractivity contribution is -0.0681. The van der Waals surface area contributed by atoms with Crippen LogP contribution in [-0.2, 0) is 9.47 Å². The van der Waals surface area contributed by atoms with Gasteiger partial charge in [0.2, 0.25) is 0 Å². The van der Waals surface area contributed by atoms with Crippen LogP contribution in [0.5, 0.6) is 0 Å². The van der Waals surface area contributed by atoms with Gasteiger partial charge in [0.05, 0.1) is 12.7 Å². The fraction of sp³-hybridized carbons (Fsp3) is 0.846. The molecule has 0 amide bonds. The molecule has 0 saturated carbocycles. The first kappa shape index (κ1) is 12.5. The molecule has 0 bridgehead atoms. The van der Waals surface area contributed by atoms with E-state index in [1.165, 1.54) is 0 Å². The van der Waals surface area contributed by atoms with Gasteiger partial charge in [-0.05, 0) is 25.7 Å². The lowest BCUT2D eigenvalue weighted by Gasteiger charge is -2.24. The van der Waals surface area contributed by atoms with Crippen molar-refractivity contribution in [3.63, 3.8) is 0 Å². The highest BCUT2D eigenvalue weighted by Gasteiger charge is 2.17. The third-order valence-corrected chi connectivity index (χ3v) is 2.48. The number of rotatable bonds is 4. The molecular formula is C13H22O2. The van der Waals surface area contributed by atoms with Gasteiger partial charge in [0.25, 0.3) is 0 Å². The summed E-state index contributed by atoms with van der Waals surface area (Å²) in [5.74, 6) is 6.35. The second-order valence-corrected chi connectivity index (χ2v) is 3.94. The maximum Gasteiger partial charge on any atom is 0.118 e. The maximum absolute atomic E-state index is 5.89. The molecule has 2 unspecified atom stereocenters. The predicted octanol–water partition coefficient (Wildman–Crippen LogP) is 2.76. The third kappa shape index (κ3) is 5.20. The molecule has 2 atom stereocenters. The van der Waals surface area contributed by atoms with Gasteiger partial charge in [-0.3, -0.25) is 0 Å². The molecule has 86 valence electrons. The molecule has 1 saturated heterocycles. The SMILES string of the molecule is CCCC#CC(CC)OC1CCCOC1. The van der Waals surface area contributed by atoms with Crippen molar-refractivity contribution in [3.8, 4) is 11.8 Å². The van der Waals surface area contributed by atoms with Crippen molar-refractivity contribution >= 4 is 0 Å². The van der Waals surface area contributed by atoms with E-state index in [0.29, 0.717) is 0 Å². The van der Waals surface area contributed by atoms with Gasteiger partial charge in [0.15, 0.2) is 0 Å². The van der Waals surface area contributed by atoms with Crippen LogP contribution < -0.4 is 0 Å². The maximum atomic E-state index is 5.89. The summed E-state index contributed by atoms with van der Waals surface area (Å²) in [6, 6.07) is 0. The van der Waals surface area contributed by atoms with Crippen LogP contribution in [0.3, 0.4) is 0 Å². The summed E-state index contributed by atoms with van der Waals surface area (Å²) in [6.07, 6.45) is 5.66. The van der Waals surface area contributed by atoms with E-state index >= 15 is 0 Å². The molecule has 1 aliphatic heterocycles. The summed E-state index contributed by atoms with van der Waals surface area (Å²) in [5.41, 5.74) is 0. The molecule has 0 spiro atoms. The van der Waals surface area contributed by atoms with Crippen molar-refractivity contribution in [2.75, 3.05) is 13.2 Å². The lowest BCUT2D eigenvalue weighted by atomic mass is 10.1. The normalized spacial score (nSPS) is 22.9. The Morgan fingerprint density at radius 3 is 2.93 bits per heavy atom. The highest BCUT2D eigenvalue weighted by Crippen LogP contribution is 2.13. The predicted molar refractivity (Wildman–Crippen MR) is 61.7 cm³/mol. The van der Waals surface area contributed by atoms with Crippen LogP contribution in [0.4, 0.5) is 0 Å². The van der Waals surface area contributed by atoms with Crippen LogP contribution in [0.1, 0.15) is 46.0 Å². The van der Waals surface area contributed by atoms with Crippen molar-refractivity contribution in [2.45, 2.75) is 58.2 Å². The molecule has 15 heavy (non-hydrogen) atoms. The molecule has 1 heterocycles. The molecule has 0 aromatic rings. The van der Waals surface area contributed by atoms with Crippen LogP contribution in [0, 0.1) is 11.8 Å². The molecule has 0 aromatic carbocycles. The molecule has 1 aliphatic rings. The summed E-state index contributed by atoms with van der Waals surface area (Å²) in [7, 11) is 0. The minimum absolute atomic E-state index is 0.100. The number of ether oxygens (including phenoxy) is 2. The minimum atomic E-state index is 0.100. The second kappa shape index (κ2) is 7.73. The summed E-state index contributed by atoms with van der Waals surface area (Å²) in [6.45, 7) is 5.89. The van der Waals surface area contributed by atoms with Crippen molar-refractivity contribution in [3.05, 3.63) is 0 Å². The lowest BCUT2D eigenvalue weighted by Crippen LogP contribution is -2.29. The summed E-state index contributed by atoms with van der Waals surface area (Å²) < 4.78 is 11.3. The Balaban J connectivity index is 2.29. The van der Waals surface area contributed by atoms with Crippen molar-refractivity contribution in [2.24, 2.45) is 0 Å². The average molecular weight is 210 g/mol. The zero-order chi connectivity index (χ0) is 10.9. The Bertz CT molecular complexity index is 208. The summed E-state index contributed by atoms with van der Waals surface area (Å²) in [4.78, 5) is 0. The largest absolute Gasteiger partial charge is 0.379 e. The Kier molecular flexibility index (Phi) is 6.47. The van der Waals surface area contributed by atoms with E-state index < -0.39 is 0 Å². The number of hydrogen-bond acceptors (Lipinski definition) is 2. The smallest absolute Gasteiger partial charge is 0.118 e. The Hall–Kier alpha value is -0.520. The second-order valence-electron chi connectivity index (χ2n) is 3.94. The minimum Gasteiger partial charge on any atom is -0.379 e. The van der Waals surface area contributed by atoms with Crippen LogP contribution in [0.25, 0.3) is 0 Å². The highest BCUT2D eigenvalue weighted by molar-refractivity contribution is 5.04. The molecule has 1 rings (SSSR count). The average Bonchev–Trinajstić information content (AvgIpc) is 2.29. The fourth-order valence-electron chi connectivity index (χ4n) is 1.59. The first-order chi connectivity index (χ1) is 7.36. The summed E-state index contributed by atoms with van der Waals surface area (Å²) >= 11 is 0. The van der Waals surface area contributed by atoms with Gasteiger partial charge in [-0.1, -0.05) is 19.8 Å². The summed E-state index contributed by atoms with van der Waals surface area (Å²) in [5, 5.41) is 0. The quantitative estimate of drug-likeness (QED) is 0.664.